The fourth-order valence-electron chi connectivity index (χ4n) is 3.71. The smallest absolute Gasteiger partial charge is 0.264 e. The Hall–Kier alpha value is -4.40. The number of aryl methyl sites for hydroxylation is 2. The molecule has 180 valence electrons. The van der Waals surface area contributed by atoms with Crippen molar-refractivity contribution in [1.82, 2.24) is 20.0 Å². The normalized spacial score (nSPS) is 10.7. The highest BCUT2D eigenvalue weighted by Crippen LogP contribution is 2.24. The molecule has 0 spiro atoms. The topological polar surface area (TPSA) is 108 Å². The molecule has 0 fully saturated rings. The Labute approximate surface area is 202 Å². The van der Waals surface area contributed by atoms with Crippen molar-refractivity contribution < 1.29 is 18.8 Å². The molecule has 4 rings (SSSR count). The maximum absolute atomic E-state index is 13.3. The molecule has 0 atom stereocenters. The van der Waals surface area contributed by atoms with Gasteiger partial charge in [-0.3, -0.25) is 9.59 Å². The van der Waals surface area contributed by atoms with Crippen molar-refractivity contribution in [2.45, 2.75) is 26.9 Å². The van der Waals surface area contributed by atoms with Crippen molar-refractivity contribution in [3.8, 4) is 34.3 Å². The molecule has 0 unspecified atom stereocenters. The van der Waals surface area contributed by atoms with E-state index in [0.29, 0.717) is 29.4 Å². The van der Waals surface area contributed by atoms with Crippen LogP contribution in [0.2, 0.25) is 0 Å². The third-order valence-electron chi connectivity index (χ3n) is 5.64. The highest BCUT2D eigenvalue weighted by atomic mass is 16.5. The Morgan fingerprint density at radius 1 is 1.00 bits per heavy atom. The van der Waals surface area contributed by atoms with Gasteiger partial charge in [0.25, 0.3) is 11.4 Å². The summed E-state index contributed by atoms with van der Waals surface area (Å²) in [6.45, 7) is 3.79. The van der Waals surface area contributed by atoms with E-state index < -0.39 is 0 Å². The Kier molecular flexibility index (Phi) is 6.96. The number of nitrogens with zero attached hydrogens (tertiary/aromatic N) is 3. The van der Waals surface area contributed by atoms with Gasteiger partial charge in [-0.2, -0.15) is 4.98 Å². The second-order valence-corrected chi connectivity index (χ2v) is 8.01. The summed E-state index contributed by atoms with van der Waals surface area (Å²) in [5.41, 5.74) is 2.89. The maximum atomic E-state index is 13.3. The highest BCUT2D eigenvalue weighted by Gasteiger charge is 2.20. The van der Waals surface area contributed by atoms with E-state index in [4.69, 9.17) is 14.0 Å². The Bertz CT molecular complexity index is 1390. The van der Waals surface area contributed by atoms with Gasteiger partial charge in [0.05, 0.1) is 14.2 Å². The molecule has 1 N–H and O–H groups in total. The first-order valence-electron chi connectivity index (χ1n) is 11.0. The third-order valence-corrected chi connectivity index (χ3v) is 5.64. The maximum Gasteiger partial charge on any atom is 0.264 e. The van der Waals surface area contributed by atoms with Gasteiger partial charge in [0.1, 0.15) is 23.6 Å². The molecular weight excluding hydrogens is 448 g/mol. The first kappa shape index (κ1) is 23.7. The predicted molar refractivity (Wildman–Crippen MR) is 130 cm³/mol. The number of carbonyl (C=O) groups is 1. The number of nitrogens with one attached hydrogen (secondary N) is 1. The van der Waals surface area contributed by atoms with E-state index in [1.807, 2.05) is 30.3 Å². The van der Waals surface area contributed by atoms with Crippen LogP contribution in [-0.2, 0) is 17.9 Å². The Balaban J connectivity index is 1.54. The lowest BCUT2D eigenvalue weighted by molar-refractivity contribution is -0.121. The van der Waals surface area contributed by atoms with Gasteiger partial charge in [-0.15, -0.1) is 0 Å². The van der Waals surface area contributed by atoms with Crippen LogP contribution in [0.15, 0.2) is 63.9 Å². The summed E-state index contributed by atoms with van der Waals surface area (Å²) >= 11 is 0. The molecule has 35 heavy (non-hydrogen) atoms. The van der Waals surface area contributed by atoms with E-state index in [0.717, 1.165) is 16.9 Å². The van der Waals surface area contributed by atoms with Gasteiger partial charge in [-0.1, -0.05) is 17.3 Å². The molecule has 0 aliphatic carbocycles. The molecule has 0 saturated carbocycles. The van der Waals surface area contributed by atoms with Gasteiger partial charge in [-0.25, -0.2) is 0 Å². The van der Waals surface area contributed by atoms with Crippen molar-refractivity contribution in [2.75, 3.05) is 14.2 Å². The lowest BCUT2D eigenvalue weighted by Gasteiger charge is -2.13. The number of pyridine rings is 1. The number of methoxy groups -OCH3 is 2. The highest BCUT2D eigenvalue weighted by molar-refractivity contribution is 5.76. The molecule has 9 nitrogen and oxygen atoms in total. The van der Waals surface area contributed by atoms with E-state index in [1.165, 1.54) is 4.57 Å². The lowest BCUT2D eigenvalue weighted by atomic mass is 10.1. The molecule has 0 aliphatic heterocycles. The summed E-state index contributed by atoms with van der Waals surface area (Å²) < 4.78 is 17.2. The van der Waals surface area contributed by atoms with Crippen LogP contribution < -0.4 is 20.3 Å². The van der Waals surface area contributed by atoms with Gasteiger partial charge in [0.2, 0.25) is 11.7 Å². The quantitative estimate of drug-likeness (QED) is 0.416. The van der Waals surface area contributed by atoms with Crippen LogP contribution in [0.25, 0.3) is 22.8 Å². The number of aromatic nitrogens is 3. The molecule has 0 bridgehead atoms. The molecule has 2 aromatic carbocycles. The molecule has 1 amide bonds. The molecule has 2 heterocycles. The van der Waals surface area contributed by atoms with E-state index in [-0.39, 0.29) is 29.5 Å². The number of benzene rings is 2. The first-order chi connectivity index (χ1) is 16.9. The summed E-state index contributed by atoms with van der Waals surface area (Å²) in [6, 6.07) is 16.4. The zero-order valence-electron chi connectivity index (χ0n) is 20.0. The number of rotatable bonds is 8. The molecular formula is C26H26N4O5. The minimum atomic E-state index is -0.368. The second-order valence-electron chi connectivity index (χ2n) is 8.01. The zero-order valence-corrected chi connectivity index (χ0v) is 20.0. The summed E-state index contributed by atoms with van der Waals surface area (Å²) in [4.78, 5) is 30.4. The van der Waals surface area contributed by atoms with Crippen molar-refractivity contribution in [1.29, 1.82) is 0 Å². The SMILES string of the molecule is COc1ccc(CNC(=O)Cn2c(C)cc(C)c(-c3nc(-c4ccc(OC)cc4)no3)c2=O)cc1. The largest absolute Gasteiger partial charge is 0.497 e. The van der Waals surface area contributed by atoms with Crippen molar-refractivity contribution in [3.63, 3.8) is 0 Å². The standard InChI is InChI=1S/C26H26N4O5/c1-16-13-17(2)30(15-22(31)27-14-18-5-9-20(33-3)10-6-18)26(32)23(16)25-28-24(29-35-25)19-7-11-21(34-4)12-8-19/h5-13H,14-15H2,1-4H3,(H,27,31). The first-order valence-corrected chi connectivity index (χ1v) is 11.0. The van der Waals surface area contributed by atoms with Crippen LogP contribution in [0.1, 0.15) is 16.8 Å². The van der Waals surface area contributed by atoms with E-state index in [9.17, 15) is 9.59 Å². The fourth-order valence-corrected chi connectivity index (χ4v) is 3.71. The number of carbonyl (C=O) groups excluding carboxylic acids is 1. The molecule has 0 aliphatic rings. The average molecular weight is 475 g/mol. The van der Waals surface area contributed by atoms with Gasteiger partial charge < -0.3 is 23.9 Å². The van der Waals surface area contributed by atoms with Crippen molar-refractivity contribution >= 4 is 5.91 Å². The van der Waals surface area contributed by atoms with Gasteiger partial charge in [0, 0.05) is 17.8 Å². The van der Waals surface area contributed by atoms with Crippen molar-refractivity contribution in [3.05, 3.63) is 81.8 Å². The summed E-state index contributed by atoms with van der Waals surface area (Å²) in [6.07, 6.45) is 0. The van der Waals surface area contributed by atoms with Gasteiger partial charge in [-0.05, 0) is 67.4 Å². The van der Waals surface area contributed by atoms with Crippen LogP contribution in [0.3, 0.4) is 0 Å². The van der Waals surface area contributed by atoms with E-state index >= 15 is 0 Å². The third kappa shape index (κ3) is 5.24. The summed E-state index contributed by atoms with van der Waals surface area (Å²) in [5, 5.41) is 6.87. The predicted octanol–water partition coefficient (Wildman–Crippen LogP) is 3.52. The van der Waals surface area contributed by atoms with E-state index in [1.54, 1.807) is 52.3 Å². The monoisotopic (exact) mass is 474 g/mol. The Morgan fingerprint density at radius 3 is 2.26 bits per heavy atom. The molecule has 2 aromatic heterocycles. The molecule has 9 heteroatoms. The van der Waals surface area contributed by atoms with Crippen LogP contribution in [-0.4, -0.2) is 34.8 Å². The lowest BCUT2D eigenvalue weighted by Crippen LogP contribution is -2.34. The summed E-state index contributed by atoms with van der Waals surface area (Å²) in [7, 11) is 3.19. The number of amides is 1. The second kappa shape index (κ2) is 10.3. The van der Waals surface area contributed by atoms with Crippen LogP contribution in [0, 0.1) is 13.8 Å². The van der Waals surface area contributed by atoms with Crippen LogP contribution in [0.5, 0.6) is 11.5 Å². The van der Waals surface area contributed by atoms with Crippen LogP contribution >= 0.6 is 0 Å². The van der Waals surface area contributed by atoms with Gasteiger partial charge >= 0.3 is 0 Å². The minimum Gasteiger partial charge on any atom is -0.497 e. The summed E-state index contributed by atoms with van der Waals surface area (Å²) in [5.74, 6) is 1.62. The van der Waals surface area contributed by atoms with Gasteiger partial charge in [0.15, 0.2) is 0 Å². The minimum absolute atomic E-state index is 0.103. The molecule has 4 aromatic rings. The molecule has 0 saturated heterocycles. The Morgan fingerprint density at radius 2 is 1.63 bits per heavy atom. The number of hydrogen-bond donors (Lipinski definition) is 1. The number of ether oxygens (including phenoxy) is 2. The van der Waals surface area contributed by atoms with Crippen LogP contribution in [0.4, 0.5) is 0 Å². The zero-order chi connectivity index (χ0) is 24.9. The average Bonchev–Trinajstić information content (AvgIpc) is 3.35. The van der Waals surface area contributed by atoms with E-state index in [2.05, 4.69) is 15.5 Å². The van der Waals surface area contributed by atoms with Crippen molar-refractivity contribution in [2.24, 2.45) is 0 Å². The number of hydrogen-bond acceptors (Lipinski definition) is 7. The fraction of sp³-hybridized carbons (Fsp3) is 0.231. The molecule has 0 radical (unpaired) electrons.